The van der Waals surface area contributed by atoms with Crippen molar-refractivity contribution < 1.29 is 13.7 Å². The Morgan fingerprint density at radius 3 is 2.70 bits per heavy atom. The molecular formula is C20H17ClN4O3S2. The first kappa shape index (κ1) is 20.5. The first-order valence-corrected chi connectivity index (χ1v) is 11.2. The van der Waals surface area contributed by atoms with E-state index in [4.69, 9.17) is 21.1 Å². The maximum absolute atomic E-state index is 13.6. The number of rotatable bonds is 7. The van der Waals surface area contributed by atoms with Gasteiger partial charge in [-0.25, -0.2) is 19.2 Å². The van der Waals surface area contributed by atoms with Crippen LogP contribution in [0.2, 0.25) is 5.15 Å². The molecule has 4 rings (SSSR count). The normalized spacial score (nSPS) is 12.0. The third kappa shape index (κ3) is 4.09. The fourth-order valence-electron chi connectivity index (χ4n) is 2.91. The molecule has 2 heterocycles. The van der Waals surface area contributed by atoms with Crippen LogP contribution in [-0.4, -0.2) is 33.4 Å². The van der Waals surface area contributed by atoms with Crippen LogP contribution < -0.4 is 13.8 Å². The van der Waals surface area contributed by atoms with Crippen LogP contribution in [0.5, 0.6) is 11.5 Å². The summed E-state index contributed by atoms with van der Waals surface area (Å²) in [6.07, 6.45) is 3.07. The molecule has 2 aromatic heterocycles. The Kier molecular flexibility index (Phi) is 6.12. The molecule has 7 nitrogen and oxygen atoms in total. The van der Waals surface area contributed by atoms with Crippen LogP contribution >= 0.6 is 22.9 Å². The van der Waals surface area contributed by atoms with Gasteiger partial charge >= 0.3 is 0 Å². The van der Waals surface area contributed by atoms with Gasteiger partial charge in [0, 0.05) is 28.6 Å². The second kappa shape index (κ2) is 8.95. The highest BCUT2D eigenvalue weighted by Crippen LogP contribution is 2.31. The van der Waals surface area contributed by atoms with Crippen molar-refractivity contribution >= 4 is 50.0 Å². The summed E-state index contributed by atoms with van der Waals surface area (Å²) in [4.78, 5) is 13.2. The zero-order valence-corrected chi connectivity index (χ0v) is 18.5. The molecule has 0 bridgehead atoms. The number of methoxy groups -OCH3 is 2. The third-order valence-corrected chi connectivity index (χ3v) is 6.97. The van der Waals surface area contributed by atoms with E-state index in [2.05, 4.69) is 15.0 Å². The molecule has 0 radical (unpaired) electrons. The van der Waals surface area contributed by atoms with Crippen molar-refractivity contribution in [3.63, 3.8) is 0 Å². The summed E-state index contributed by atoms with van der Waals surface area (Å²) >= 11 is 7.54. The number of hydrogen-bond acceptors (Lipinski definition) is 7. The van der Waals surface area contributed by atoms with Gasteiger partial charge in [-0.05, 0) is 30.3 Å². The van der Waals surface area contributed by atoms with Gasteiger partial charge in [0.2, 0.25) is 0 Å². The minimum absolute atomic E-state index is 0.329. The van der Waals surface area contributed by atoms with Gasteiger partial charge in [0.05, 0.1) is 31.2 Å². The third-order valence-electron chi connectivity index (χ3n) is 4.40. The largest absolute Gasteiger partial charge is 0.497 e. The molecular weight excluding hydrogens is 444 g/mol. The van der Waals surface area contributed by atoms with Crippen LogP contribution in [0.25, 0.3) is 10.9 Å². The van der Waals surface area contributed by atoms with Crippen molar-refractivity contribution in [1.82, 2.24) is 15.0 Å². The fraction of sp³-hybridized carbons (Fsp3) is 0.150. The number of ether oxygens (including phenoxy) is 2. The zero-order chi connectivity index (χ0) is 21.1. The standard InChI is InChI=1S/C20H17ClN4O3S2/c1-27-14-4-3-13(18(9-14)28-2)11-25(20-22-7-8-29-20)30(26)15-5-6-16-17(10-15)23-12-24-19(16)21/h3-10,12H,11H2,1-2H3. The van der Waals surface area contributed by atoms with Gasteiger partial charge in [0.15, 0.2) is 16.1 Å². The van der Waals surface area contributed by atoms with Gasteiger partial charge in [0.25, 0.3) is 0 Å². The first-order valence-electron chi connectivity index (χ1n) is 8.81. The van der Waals surface area contributed by atoms with E-state index >= 15 is 0 Å². The van der Waals surface area contributed by atoms with E-state index in [9.17, 15) is 4.21 Å². The topological polar surface area (TPSA) is 77.4 Å². The molecule has 0 fully saturated rings. The Morgan fingerprint density at radius 1 is 1.10 bits per heavy atom. The van der Waals surface area contributed by atoms with Crippen LogP contribution in [0.4, 0.5) is 5.13 Å². The lowest BCUT2D eigenvalue weighted by molar-refractivity contribution is 0.391. The molecule has 0 saturated carbocycles. The fourth-order valence-corrected chi connectivity index (χ4v) is 5.09. The van der Waals surface area contributed by atoms with Crippen molar-refractivity contribution in [2.75, 3.05) is 18.5 Å². The predicted molar refractivity (Wildman–Crippen MR) is 119 cm³/mol. The highest BCUT2D eigenvalue weighted by molar-refractivity contribution is 7.86. The molecule has 1 unspecified atom stereocenters. The Bertz CT molecular complexity index is 1200. The second-order valence-electron chi connectivity index (χ2n) is 6.12. The quantitative estimate of drug-likeness (QED) is 0.378. The highest BCUT2D eigenvalue weighted by Gasteiger charge is 2.21. The van der Waals surface area contributed by atoms with E-state index in [0.29, 0.717) is 44.1 Å². The molecule has 2 aromatic carbocycles. The van der Waals surface area contributed by atoms with E-state index in [0.717, 1.165) is 5.56 Å². The number of aromatic nitrogens is 3. The summed E-state index contributed by atoms with van der Waals surface area (Å²) in [7, 11) is 1.65. The van der Waals surface area contributed by atoms with E-state index in [1.807, 2.05) is 17.5 Å². The van der Waals surface area contributed by atoms with Crippen LogP contribution in [0.1, 0.15) is 5.56 Å². The average Bonchev–Trinajstić information content (AvgIpc) is 3.31. The summed E-state index contributed by atoms with van der Waals surface area (Å²) < 4.78 is 26.1. The molecule has 4 aromatic rings. The molecule has 0 spiro atoms. The average molecular weight is 461 g/mol. The van der Waals surface area contributed by atoms with Crippen LogP contribution in [0.3, 0.4) is 0 Å². The number of fused-ring (bicyclic) bond motifs is 1. The van der Waals surface area contributed by atoms with E-state index < -0.39 is 11.0 Å². The molecule has 0 aliphatic rings. The SMILES string of the molecule is COc1ccc(CN(c2nccs2)S(=O)c2ccc3c(Cl)ncnc3c2)c(OC)c1. The van der Waals surface area contributed by atoms with Crippen molar-refractivity contribution in [3.05, 3.63) is 65.0 Å². The second-order valence-corrected chi connectivity index (χ2v) is 8.76. The molecule has 0 amide bonds. The van der Waals surface area contributed by atoms with Gasteiger partial charge in [-0.1, -0.05) is 11.6 Å². The van der Waals surface area contributed by atoms with Gasteiger partial charge in [0.1, 0.15) is 23.0 Å². The van der Waals surface area contributed by atoms with Gasteiger partial charge in [-0.15, -0.1) is 11.3 Å². The number of halogens is 1. The minimum atomic E-state index is -1.54. The summed E-state index contributed by atoms with van der Waals surface area (Å²) in [6, 6.07) is 10.8. The Morgan fingerprint density at radius 2 is 1.97 bits per heavy atom. The minimum Gasteiger partial charge on any atom is -0.497 e. The Hall–Kier alpha value is -2.75. The van der Waals surface area contributed by atoms with Crippen LogP contribution in [-0.2, 0) is 17.5 Å². The summed E-state index contributed by atoms with van der Waals surface area (Å²) in [5.41, 5.74) is 1.48. The smallest absolute Gasteiger partial charge is 0.197 e. The maximum atomic E-state index is 13.6. The first-order chi connectivity index (χ1) is 14.6. The molecule has 30 heavy (non-hydrogen) atoms. The summed E-state index contributed by atoms with van der Waals surface area (Å²) in [6.45, 7) is 0.329. The number of hydrogen-bond donors (Lipinski definition) is 0. The van der Waals surface area contributed by atoms with Crippen molar-refractivity contribution in [1.29, 1.82) is 0 Å². The lowest BCUT2D eigenvalue weighted by Crippen LogP contribution is -2.25. The Balaban J connectivity index is 1.72. The van der Waals surface area contributed by atoms with Gasteiger partial charge in [-0.3, -0.25) is 4.31 Å². The van der Waals surface area contributed by atoms with Crippen LogP contribution in [0.15, 0.2) is 59.2 Å². The van der Waals surface area contributed by atoms with Crippen molar-refractivity contribution in [3.8, 4) is 11.5 Å². The molecule has 0 aliphatic heterocycles. The van der Waals surface area contributed by atoms with Crippen molar-refractivity contribution in [2.24, 2.45) is 0 Å². The monoisotopic (exact) mass is 460 g/mol. The summed E-state index contributed by atoms with van der Waals surface area (Å²) in [5, 5.41) is 3.54. The van der Waals surface area contributed by atoms with E-state index in [-0.39, 0.29) is 0 Å². The molecule has 1 atom stereocenters. The highest BCUT2D eigenvalue weighted by atomic mass is 35.5. The molecule has 154 valence electrons. The molecule has 0 N–H and O–H groups in total. The number of benzene rings is 2. The van der Waals surface area contributed by atoms with E-state index in [1.54, 1.807) is 49.0 Å². The van der Waals surface area contributed by atoms with Crippen molar-refractivity contribution in [2.45, 2.75) is 11.4 Å². The maximum Gasteiger partial charge on any atom is 0.197 e. The Labute approximate surface area is 184 Å². The van der Waals surface area contributed by atoms with Crippen LogP contribution in [0, 0.1) is 0 Å². The van der Waals surface area contributed by atoms with Gasteiger partial charge in [-0.2, -0.15) is 0 Å². The molecule has 0 aliphatic carbocycles. The number of anilines is 1. The zero-order valence-electron chi connectivity index (χ0n) is 16.1. The molecule has 10 heteroatoms. The van der Waals surface area contributed by atoms with Gasteiger partial charge < -0.3 is 9.47 Å². The summed E-state index contributed by atoms with van der Waals surface area (Å²) in [5.74, 6) is 1.33. The lowest BCUT2D eigenvalue weighted by Gasteiger charge is -2.22. The van der Waals surface area contributed by atoms with E-state index in [1.165, 1.54) is 17.7 Å². The lowest BCUT2D eigenvalue weighted by atomic mass is 10.2. The molecule has 0 saturated heterocycles. The predicted octanol–water partition coefficient (Wildman–Crippen LogP) is 4.49. The number of thiazole rings is 1. The number of nitrogens with zero attached hydrogens (tertiary/aromatic N) is 4.